The van der Waals surface area contributed by atoms with E-state index < -0.39 is 0 Å². The molecule has 7 heteroatoms. The van der Waals surface area contributed by atoms with Crippen molar-refractivity contribution in [3.05, 3.63) is 65.8 Å². The molecule has 0 aliphatic rings. The van der Waals surface area contributed by atoms with Gasteiger partial charge in [-0.25, -0.2) is 4.98 Å². The van der Waals surface area contributed by atoms with Crippen LogP contribution >= 0.6 is 11.3 Å². The van der Waals surface area contributed by atoms with Gasteiger partial charge in [0, 0.05) is 34.9 Å². The molecule has 2 aromatic carbocycles. The van der Waals surface area contributed by atoms with Gasteiger partial charge in [0.1, 0.15) is 11.5 Å². The van der Waals surface area contributed by atoms with E-state index in [4.69, 9.17) is 14.5 Å². The van der Waals surface area contributed by atoms with Crippen LogP contribution in [0.15, 0.2) is 60.1 Å². The summed E-state index contributed by atoms with van der Waals surface area (Å²) in [5, 5.41) is 4.97. The van der Waals surface area contributed by atoms with Gasteiger partial charge in [0.05, 0.1) is 19.9 Å². The van der Waals surface area contributed by atoms with E-state index in [0.29, 0.717) is 12.8 Å². The Kier molecular flexibility index (Phi) is 5.48. The quantitative estimate of drug-likeness (QED) is 0.484. The van der Waals surface area contributed by atoms with Crippen molar-refractivity contribution in [3.8, 4) is 22.8 Å². The molecule has 0 unspecified atom stereocenters. The average Bonchev–Trinajstić information content (AvgIpc) is 3.34. The van der Waals surface area contributed by atoms with Crippen molar-refractivity contribution in [1.82, 2.24) is 9.38 Å². The van der Waals surface area contributed by atoms with Crippen molar-refractivity contribution >= 4 is 27.9 Å². The van der Waals surface area contributed by atoms with Crippen LogP contribution in [0, 0.1) is 0 Å². The van der Waals surface area contributed by atoms with Crippen molar-refractivity contribution in [2.24, 2.45) is 0 Å². The van der Waals surface area contributed by atoms with Crippen LogP contribution in [0.5, 0.6) is 11.5 Å². The number of rotatable bonds is 7. The average molecular weight is 407 g/mol. The lowest BCUT2D eigenvalue weighted by atomic mass is 10.1. The molecule has 2 heterocycles. The number of amides is 1. The summed E-state index contributed by atoms with van der Waals surface area (Å²) in [5.74, 6) is 1.56. The van der Waals surface area contributed by atoms with Gasteiger partial charge in [-0.15, -0.1) is 11.3 Å². The molecule has 4 rings (SSSR count). The minimum absolute atomic E-state index is 0.0231. The van der Waals surface area contributed by atoms with Crippen LogP contribution in [0.1, 0.15) is 12.1 Å². The summed E-state index contributed by atoms with van der Waals surface area (Å²) in [4.78, 5) is 17.9. The highest BCUT2D eigenvalue weighted by atomic mass is 32.1. The first-order chi connectivity index (χ1) is 14.2. The molecule has 0 saturated heterocycles. The Balaban J connectivity index is 1.42. The maximum atomic E-state index is 12.3. The van der Waals surface area contributed by atoms with E-state index in [1.54, 1.807) is 25.6 Å². The highest BCUT2D eigenvalue weighted by Gasteiger charge is 2.11. The third kappa shape index (κ3) is 4.25. The molecule has 0 bridgehead atoms. The lowest BCUT2D eigenvalue weighted by molar-refractivity contribution is -0.116. The van der Waals surface area contributed by atoms with E-state index >= 15 is 0 Å². The van der Waals surface area contributed by atoms with Crippen molar-refractivity contribution in [2.75, 3.05) is 19.5 Å². The number of anilines is 1. The van der Waals surface area contributed by atoms with Gasteiger partial charge in [-0.05, 0) is 55.0 Å². The number of ether oxygens (including phenoxy) is 2. The van der Waals surface area contributed by atoms with Crippen molar-refractivity contribution in [1.29, 1.82) is 0 Å². The number of nitrogens with one attached hydrogen (secondary N) is 1. The number of carbonyl (C=O) groups excluding carboxylic acids is 1. The molecule has 1 N–H and O–H groups in total. The summed E-state index contributed by atoms with van der Waals surface area (Å²) < 4.78 is 12.4. The van der Waals surface area contributed by atoms with Crippen LogP contribution in [0.2, 0.25) is 0 Å². The summed E-state index contributed by atoms with van der Waals surface area (Å²) >= 11 is 1.58. The molecule has 1 amide bonds. The number of aromatic nitrogens is 2. The second-order valence-corrected chi connectivity index (χ2v) is 7.35. The smallest absolute Gasteiger partial charge is 0.224 e. The Hall–Kier alpha value is -3.32. The van der Waals surface area contributed by atoms with Gasteiger partial charge in [-0.1, -0.05) is 0 Å². The third-order valence-corrected chi connectivity index (χ3v) is 5.54. The van der Waals surface area contributed by atoms with Crippen LogP contribution in [-0.4, -0.2) is 29.5 Å². The fourth-order valence-electron chi connectivity index (χ4n) is 3.05. The first-order valence-electron chi connectivity index (χ1n) is 9.20. The van der Waals surface area contributed by atoms with Crippen molar-refractivity contribution < 1.29 is 14.3 Å². The number of hydrogen-bond acceptors (Lipinski definition) is 5. The number of hydrogen-bond donors (Lipinski definition) is 1. The van der Waals surface area contributed by atoms with Gasteiger partial charge >= 0.3 is 0 Å². The molecule has 0 spiro atoms. The van der Waals surface area contributed by atoms with Gasteiger partial charge in [0.15, 0.2) is 4.96 Å². The molecular weight excluding hydrogens is 386 g/mol. The minimum Gasteiger partial charge on any atom is -0.497 e. The maximum absolute atomic E-state index is 12.3. The zero-order chi connectivity index (χ0) is 20.2. The number of thiazole rings is 1. The molecule has 0 fully saturated rings. The third-order valence-electron chi connectivity index (χ3n) is 4.65. The van der Waals surface area contributed by atoms with E-state index in [-0.39, 0.29) is 5.91 Å². The fourth-order valence-corrected chi connectivity index (χ4v) is 3.96. The summed E-state index contributed by atoms with van der Waals surface area (Å²) in [5.41, 5.74) is 3.77. The molecule has 4 aromatic rings. The molecular formula is C22H21N3O3S. The summed E-state index contributed by atoms with van der Waals surface area (Å²) in [6.45, 7) is 0. The monoisotopic (exact) mass is 407 g/mol. The zero-order valence-electron chi connectivity index (χ0n) is 16.2. The summed E-state index contributed by atoms with van der Waals surface area (Å²) in [6, 6.07) is 15.1. The Morgan fingerprint density at radius 2 is 1.69 bits per heavy atom. The zero-order valence-corrected chi connectivity index (χ0v) is 17.0. The topological polar surface area (TPSA) is 64.9 Å². The number of nitrogens with zero attached hydrogens (tertiary/aromatic N) is 2. The van der Waals surface area contributed by atoms with E-state index in [2.05, 4.69) is 15.1 Å². The lowest BCUT2D eigenvalue weighted by Gasteiger charge is -2.06. The Morgan fingerprint density at radius 1 is 1.03 bits per heavy atom. The highest BCUT2D eigenvalue weighted by molar-refractivity contribution is 7.15. The number of imidazole rings is 1. The number of methoxy groups -OCH3 is 2. The molecule has 29 heavy (non-hydrogen) atoms. The van der Waals surface area contributed by atoms with E-state index in [1.165, 1.54) is 0 Å². The second kappa shape index (κ2) is 8.36. The standard InChI is InChI=1S/C22H21N3O3S/c1-27-18-8-3-15(4-9-18)20-13-25-17(14-29-22(25)24-20)7-12-21(26)23-16-5-10-19(28-2)11-6-16/h3-6,8-11,13-14H,7,12H2,1-2H3,(H,23,26). The lowest BCUT2D eigenvalue weighted by Crippen LogP contribution is -2.12. The van der Waals surface area contributed by atoms with E-state index in [0.717, 1.165) is 39.1 Å². The van der Waals surface area contributed by atoms with Gasteiger partial charge in [0.25, 0.3) is 0 Å². The van der Waals surface area contributed by atoms with Crippen LogP contribution in [0.25, 0.3) is 16.2 Å². The largest absolute Gasteiger partial charge is 0.497 e. The second-order valence-electron chi connectivity index (χ2n) is 6.51. The SMILES string of the molecule is COc1ccc(NC(=O)CCc2csc3nc(-c4ccc(OC)cc4)cn23)cc1. The number of aryl methyl sites for hydroxylation is 1. The first kappa shape index (κ1) is 19.0. The molecule has 0 atom stereocenters. The van der Waals surface area contributed by atoms with E-state index in [1.807, 2.05) is 54.7 Å². The fraction of sp³-hybridized carbons (Fsp3) is 0.182. The van der Waals surface area contributed by atoms with Gasteiger partial charge < -0.3 is 14.8 Å². The molecule has 0 aliphatic carbocycles. The molecule has 0 aliphatic heterocycles. The Bertz CT molecular complexity index is 1110. The van der Waals surface area contributed by atoms with Crippen molar-refractivity contribution in [2.45, 2.75) is 12.8 Å². The summed E-state index contributed by atoms with van der Waals surface area (Å²) in [6.07, 6.45) is 3.05. The molecule has 0 radical (unpaired) electrons. The van der Waals surface area contributed by atoms with Crippen LogP contribution in [-0.2, 0) is 11.2 Å². The van der Waals surface area contributed by atoms with Gasteiger partial charge in [-0.3, -0.25) is 9.20 Å². The van der Waals surface area contributed by atoms with E-state index in [9.17, 15) is 4.79 Å². The predicted molar refractivity (Wildman–Crippen MR) is 115 cm³/mol. The molecule has 6 nitrogen and oxygen atoms in total. The van der Waals surface area contributed by atoms with Crippen molar-refractivity contribution in [3.63, 3.8) is 0 Å². The van der Waals surface area contributed by atoms with Crippen LogP contribution in [0.4, 0.5) is 5.69 Å². The Morgan fingerprint density at radius 3 is 2.34 bits per heavy atom. The van der Waals surface area contributed by atoms with Gasteiger partial charge in [-0.2, -0.15) is 0 Å². The highest BCUT2D eigenvalue weighted by Crippen LogP contribution is 2.26. The predicted octanol–water partition coefficient (Wildman–Crippen LogP) is 4.65. The van der Waals surface area contributed by atoms with Crippen LogP contribution < -0.4 is 14.8 Å². The molecule has 2 aromatic heterocycles. The number of fused-ring (bicyclic) bond motifs is 1. The number of benzene rings is 2. The molecule has 148 valence electrons. The number of carbonyl (C=O) groups is 1. The van der Waals surface area contributed by atoms with Gasteiger partial charge in [0.2, 0.25) is 5.91 Å². The first-order valence-corrected chi connectivity index (χ1v) is 10.1. The van der Waals surface area contributed by atoms with Crippen LogP contribution in [0.3, 0.4) is 0 Å². The minimum atomic E-state index is -0.0231. The normalized spacial score (nSPS) is 10.8. The Labute approximate surface area is 172 Å². The summed E-state index contributed by atoms with van der Waals surface area (Å²) in [7, 11) is 3.27. The maximum Gasteiger partial charge on any atom is 0.224 e. The molecule has 0 saturated carbocycles.